The van der Waals surface area contributed by atoms with Crippen LogP contribution >= 0.6 is 23.2 Å². The SMILES string of the molecule is CC1(C)C(=O)Nc2ccccc2N1C(=O)COc1cc(Cl)cc(Cl)c1. The van der Waals surface area contributed by atoms with Gasteiger partial charge in [-0.15, -0.1) is 0 Å². The molecule has 0 saturated carbocycles. The largest absolute Gasteiger partial charge is 0.484 e. The molecule has 0 unspecified atom stereocenters. The molecule has 25 heavy (non-hydrogen) atoms. The predicted molar refractivity (Wildman–Crippen MR) is 98.6 cm³/mol. The smallest absolute Gasteiger partial charge is 0.265 e. The Bertz CT molecular complexity index is 832. The Hall–Kier alpha value is -2.24. The molecule has 0 saturated heterocycles. The summed E-state index contributed by atoms with van der Waals surface area (Å²) in [5, 5.41) is 3.64. The van der Waals surface area contributed by atoms with Crippen molar-refractivity contribution in [3.8, 4) is 5.75 Å². The summed E-state index contributed by atoms with van der Waals surface area (Å²) < 4.78 is 5.53. The Morgan fingerprint density at radius 3 is 2.48 bits per heavy atom. The van der Waals surface area contributed by atoms with Crippen molar-refractivity contribution in [3.05, 3.63) is 52.5 Å². The number of hydrogen-bond acceptors (Lipinski definition) is 3. The van der Waals surface area contributed by atoms with Gasteiger partial charge >= 0.3 is 0 Å². The Kier molecular flexibility index (Phi) is 4.62. The molecule has 0 fully saturated rings. The molecule has 0 atom stereocenters. The summed E-state index contributed by atoms with van der Waals surface area (Å²) >= 11 is 11.9. The molecule has 7 heteroatoms. The van der Waals surface area contributed by atoms with Gasteiger partial charge in [-0.3, -0.25) is 14.5 Å². The van der Waals surface area contributed by atoms with E-state index in [-0.39, 0.29) is 18.4 Å². The third-order valence-electron chi connectivity index (χ3n) is 3.96. The van der Waals surface area contributed by atoms with Crippen LogP contribution < -0.4 is 15.0 Å². The van der Waals surface area contributed by atoms with Gasteiger partial charge in [0.2, 0.25) is 5.91 Å². The molecule has 3 rings (SSSR count). The fourth-order valence-corrected chi connectivity index (χ4v) is 3.23. The van der Waals surface area contributed by atoms with Crippen molar-refractivity contribution in [2.45, 2.75) is 19.4 Å². The van der Waals surface area contributed by atoms with Gasteiger partial charge in [-0.25, -0.2) is 0 Å². The van der Waals surface area contributed by atoms with E-state index in [1.165, 1.54) is 4.90 Å². The zero-order chi connectivity index (χ0) is 18.2. The number of anilines is 2. The van der Waals surface area contributed by atoms with Crippen LogP contribution in [0.3, 0.4) is 0 Å². The summed E-state index contributed by atoms with van der Waals surface area (Å²) in [6.45, 7) is 3.13. The number of rotatable bonds is 3. The minimum absolute atomic E-state index is 0.248. The third-order valence-corrected chi connectivity index (χ3v) is 4.39. The minimum atomic E-state index is -1.04. The number of fused-ring (bicyclic) bond motifs is 1. The lowest BCUT2D eigenvalue weighted by Crippen LogP contribution is -2.59. The highest BCUT2D eigenvalue weighted by molar-refractivity contribution is 6.34. The second-order valence-electron chi connectivity index (χ2n) is 6.15. The van der Waals surface area contributed by atoms with Gasteiger partial charge in [0.15, 0.2) is 6.61 Å². The summed E-state index contributed by atoms with van der Waals surface area (Å²) in [7, 11) is 0. The molecule has 1 heterocycles. The number of ether oxygens (including phenoxy) is 1. The summed E-state index contributed by atoms with van der Waals surface area (Å²) in [5.74, 6) is -0.216. The number of nitrogens with one attached hydrogen (secondary N) is 1. The molecule has 2 aromatic carbocycles. The van der Waals surface area contributed by atoms with Gasteiger partial charge in [-0.2, -0.15) is 0 Å². The minimum Gasteiger partial charge on any atom is -0.484 e. The second kappa shape index (κ2) is 6.58. The van der Waals surface area contributed by atoms with Gasteiger partial charge in [0, 0.05) is 10.0 Å². The van der Waals surface area contributed by atoms with Crippen molar-refractivity contribution in [3.63, 3.8) is 0 Å². The lowest BCUT2D eigenvalue weighted by Gasteiger charge is -2.41. The Balaban J connectivity index is 1.86. The van der Waals surface area contributed by atoms with Crippen LogP contribution in [0.25, 0.3) is 0 Å². The maximum absolute atomic E-state index is 12.8. The van der Waals surface area contributed by atoms with Gasteiger partial charge in [-0.1, -0.05) is 35.3 Å². The highest BCUT2D eigenvalue weighted by atomic mass is 35.5. The van der Waals surface area contributed by atoms with Crippen LogP contribution in [0.5, 0.6) is 5.75 Å². The molecule has 1 N–H and O–H groups in total. The fourth-order valence-electron chi connectivity index (χ4n) is 2.72. The Labute approximate surface area is 155 Å². The lowest BCUT2D eigenvalue weighted by atomic mass is 9.96. The number of benzene rings is 2. The summed E-state index contributed by atoms with van der Waals surface area (Å²) in [5.41, 5.74) is 0.177. The number of carbonyl (C=O) groups excluding carboxylic acids is 2. The van der Waals surface area contributed by atoms with Crippen LogP contribution in [0.4, 0.5) is 11.4 Å². The highest BCUT2D eigenvalue weighted by Crippen LogP contribution is 2.36. The molecule has 2 amide bonds. The number of amides is 2. The van der Waals surface area contributed by atoms with Crippen LogP contribution in [-0.2, 0) is 9.59 Å². The van der Waals surface area contributed by atoms with Crippen LogP contribution in [-0.4, -0.2) is 24.0 Å². The molecule has 1 aliphatic rings. The van der Waals surface area contributed by atoms with Crippen molar-refractivity contribution in [2.75, 3.05) is 16.8 Å². The maximum Gasteiger partial charge on any atom is 0.265 e. The zero-order valence-electron chi connectivity index (χ0n) is 13.7. The molecule has 0 aliphatic carbocycles. The zero-order valence-corrected chi connectivity index (χ0v) is 15.2. The number of para-hydroxylation sites is 2. The Morgan fingerprint density at radius 2 is 1.80 bits per heavy atom. The summed E-state index contributed by atoms with van der Waals surface area (Å²) in [6.07, 6.45) is 0. The first-order valence-corrected chi connectivity index (χ1v) is 8.37. The first-order valence-electron chi connectivity index (χ1n) is 7.61. The topological polar surface area (TPSA) is 58.6 Å². The molecule has 2 aromatic rings. The van der Waals surface area contributed by atoms with Crippen molar-refractivity contribution in [2.24, 2.45) is 0 Å². The standard InChI is InChI=1S/C18H16Cl2N2O3/c1-18(2)17(24)21-14-5-3-4-6-15(14)22(18)16(23)10-25-13-8-11(19)7-12(20)9-13/h3-9H,10H2,1-2H3,(H,21,24). The van der Waals surface area contributed by atoms with Crippen LogP contribution in [0, 0.1) is 0 Å². The van der Waals surface area contributed by atoms with E-state index in [2.05, 4.69) is 5.32 Å². The molecule has 0 spiro atoms. The van der Waals surface area contributed by atoms with E-state index in [0.717, 1.165) is 0 Å². The molecule has 0 radical (unpaired) electrons. The first-order chi connectivity index (χ1) is 11.8. The highest BCUT2D eigenvalue weighted by Gasteiger charge is 2.43. The van der Waals surface area contributed by atoms with Gasteiger partial charge in [0.1, 0.15) is 11.3 Å². The molecule has 130 valence electrons. The predicted octanol–water partition coefficient (Wildman–Crippen LogP) is 4.14. The van der Waals surface area contributed by atoms with Crippen LogP contribution in [0.1, 0.15) is 13.8 Å². The Morgan fingerprint density at radius 1 is 1.16 bits per heavy atom. The van der Waals surface area contributed by atoms with E-state index in [1.807, 2.05) is 6.07 Å². The molecule has 5 nitrogen and oxygen atoms in total. The number of carbonyl (C=O) groups is 2. The summed E-state index contributed by atoms with van der Waals surface area (Å²) in [6, 6.07) is 11.9. The van der Waals surface area contributed by atoms with Crippen molar-refractivity contribution < 1.29 is 14.3 Å². The number of halogens is 2. The number of nitrogens with zero attached hydrogens (tertiary/aromatic N) is 1. The maximum atomic E-state index is 12.8. The van der Waals surface area contributed by atoms with E-state index in [1.54, 1.807) is 50.2 Å². The molecule has 0 bridgehead atoms. The third kappa shape index (κ3) is 3.43. The van der Waals surface area contributed by atoms with Gasteiger partial charge < -0.3 is 10.1 Å². The van der Waals surface area contributed by atoms with Crippen molar-refractivity contribution in [1.82, 2.24) is 0 Å². The van der Waals surface area contributed by atoms with Crippen molar-refractivity contribution in [1.29, 1.82) is 0 Å². The quantitative estimate of drug-likeness (QED) is 0.872. The molecule has 1 aliphatic heterocycles. The van der Waals surface area contributed by atoms with E-state index >= 15 is 0 Å². The van der Waals surface area contributed by atoms with E-state index in [0.29, 0.717) is 27.2 Å². The van der Waals surface area contributed by atoms with Gasteiger partial charge in [0.05, 0.1) is 11.4 Å². The van der Waals surface area contributed by atoms with E-state index in [9.17, 15) is 9.59 Å². The lowest BCUT2D eigenvalue weighted by molar-refractivity contribution is -0.127. The van der Waals surface area contributed by atoms with Gasteiger partial charge in [0.25, 0.3) is 5.91 Å². The van der Waals surface area contributed by atoms with Crippen LogP contribution in [0.2, 0.25) is 10.0 Å². The first kappa shape index (κ1) is 17.6. The fraction of sp³-hybridized carbons (Fsp3) is 0.222. The molecule has 0 aromatic heterocycles. The second-order valence-corrected chi connectivity index (χ2v) is 7.03. The number of hydrogen-bond donors (Lipinski definition) is 1. The molecular weight excluding hydrogens is 363 g/mol. The summed E-state index contributed by atoms with van der Waals surface area (Å²) in [4.78, 5) is 26.6. The molecular formula is C18H16Cl2N2O3. The van der Waals surface area contributed by atoms with E-state index in [4.69, 9.17) is 27.9 Å². The van der Waals surface area contributed by atoms with Crippen LogP contribution in [0.15, 0.2) is 42.5 Å². The monoisotopic (exact) mass is 378 g/mol. The average molecular weight is 379 g/mol. The normalized spacial score (nSPS) is 15.4. The van der Waals surface area contributed by atoms with Crippen molar-refractivity contribution >= 4 is 46.4 Å². The average Bonchev–Trinajstić information content (AvgIpc) is 2.53. The van der Waals surface area contributed by atoms with E-state index < -0.39 is 5.54 Å². The van der Waals surface area contributed by atoms with Gasteiger partial charge in [-0.05, 0) is 44.2 Å².